The molecule has 6 heteroatoms. The van der Waals surface area contributed by atoms with Crippen LogP contribution in [0, 0.1) is 0 Å². The summed E-state index contributed by atoms with van der Waals surface area (Å²) < 4.78 is 6.24. The Morgan fingerprint density at radius 2 is 2.30 bits per heavy atom. The van der Waals surface area contributed by atoms with E-state index in [1.54, 1.807) is 18.2 Å². The van der Waals surface area contributed by atoms with Gasteiger partial charge in [-0.05, 0) is 66.9 Å². The Hall–Kier alpha value is -0.780. The van der Waals surface area contributed by atoms with E-state index in [0.29, 0.717) is 23.4 Å². The van der Waals surface area contributed by atoms with Gasteiger partial charge in [-0.15, -0.1) is 0 Å². The highest BCUT2D eigenvalue weighted by molar-refractivity contribution is 9.10. The average molecular weight is 404 g/mol. The van der Waals surface area contributed by atoms with Gasteiger partial charge in [0.1, 0.15) is 5.75 Å². The maximum atomic E-state index is 11.8. The number of rotatable bonds is 7. The number of ether oxygens (including phenoxy) is 1. The molecule has 128 valence electrons. The molecule has 23 heavy (non-hydrogen) atoms. The SMILES string of the molecule is C[C@@H]1CCCCN1CCCNC(=O)COc1ccc(Cl)cc1Br. The first-order valence-electron chi connectivity index (χ1n) is 8.15. The molecule has 0 bridgehead atoms. The van der Waals surface area contributed by atoms with Crippen LogP contribution in [0.1, 0.15) is 32.6 Å². The van der Waals surface area contributed by atoms with Crippen molar-refractivity contribution in [3.63, 3.8) is 0 Å². The summed E-state index contributed by atoms with van der Waals surface area (Å²) in [5.41, 5.74) is 0. The zero-order valence-electron chi connectivity index (χ0n) is 13.5. The lowest BCUT2D eigenvalue weighted by Gasteiger charge is -2.33. The number of nitrogens with one attached hydrogen (secondary N) is 1. The van der Waals surface area contributed by atoms with E-state index in [4.69, 9.17) is 16.3 Å². The van der Waals surface area contributed by atoms with E-state index >= 15 is 0 Å². The fourth-order valence-corrected chi connectivity index (χ4v) is 3.58. The van der Waals surface area contributed by atoms with Gasteiger partial charge in [0.15, 0.2) is 6.61 Å². The van der Waals surface area contributed by atoms with Gasteiger partial charge in [0.05, 0.1) is 4.47 Å². The number of likely N-dealkylation sites (tertiary alicyclic amines) is 1. The summed E-state index contributed by atoms with van der Waals surface area (Å²) in [6.07, 6.45) is 4.89. The summed E-state index contributed by atoms with van der Waals surface area (Å²) in [5, 5.41) is 3.53. The summed E-state index contributed by atoms with van der Waals surface area (Å²) in [6, 6.07) is 5.90. The maximum Gasteiger partial charge on any atom is 0.257 e. The zero-order valence-corrected chi connectivity index (χ0v) is 15.8. The van der Waals surface area contributed by atoms with Crippen molar-refractivity contribution >= 4 is 33.4 Å². The number of hydrogen-bond acceptors (Lipinski definition) is 3. The number of nitrogens with zero attached hydrogens (tertiary/aromatic N) is 1. The lowest BCUT2D eigenvalue weighted by Crippen LogP contribution is -2.39. The summed E-state index contributed by atoms with van der Waals surface area (Å²) in [5.74, 6) is 0.519. The smallest absolute Gasteiger partial charge is 0.257 e. The first-order valence-corrected chi connectivity index (χ1v) is 9.32. The molecule has 1 aliphatic heterocycles. The number of carbonyl (C=O) groups is 1. The minimum absolute atomic E-state index is 0.0142. The Labute approximate surface area is 151 Å². The standard InChI is InChI=1S/C17H24BrClN2O2/c1-13-5-2-3-9-21(13)10-4-8-20-17(22)12-23-16-7-6-14(19)11-15(16)18/h6-7,11,13H,2-5,8-10,12H2,1H3,(H,20,22)/t13-/m1/s1. The molecule has 1 N–H and O–H groups in total. The lowest BCUT2D eigenvalue weighted by molar-refractivity contribution is -0.123. The summed E-state index contributed by atoms with van der Waals surface area (Å²) >= 11 is 9.23. The van der Waals surface area contributed by atoms with Crippen LogP contribution in [-0.2, 0) is 4.79 Å². The Morgan fingerprint density at radius 1 is 1.48 bits per heavy atom. The van der Waals surface area contributed by atoms with Crippen LogP contribution in [0.5, 0.6) is 5.75 Å². The van der Waals surface area contributed by atoms with Gasteiger partial charge in [0.25, 0.3) is 5.91 Å². The van der Waals surface area contributed by atoms with Crippen LogP contribution in [0.25, 0.3) is 0 Å². The van der Waals surface area contributed by atoms with E-state index in [9.17, 15) is 4.79 Å². The van der Waals surface area contributed by atoms with Crippen LogP contribution in [0.2, 0.25) is 5.02 Å². The Morgan fingerprint density at radius 3 is 3.04 bits per heavy atom. The van der Waals surface area contributed by atoms with Crippen molar-refractivity contribution in [3.05, 3.63) is 27.7 Å². The van der Waals surface area contributed by atoms with Crippen molar-refractivity contribution in [2.45, 2.75) is 38.6 Å². The van der Waals surface area contributed by atoms with Crippen molar-refractivity contribution in [3.8, 4) is 5.75 Å². The molecule has 1 heterocycles. The van der Waals surface area contributed by atoms with Gasteiger partial charge >= 0.3 is 0 Å². The lowest BCUT2D eigenvalue weighted by atomic mass is 10.0. The van der Waals surface area contributed by atoms with Crippen molar-refractivity contribution in [2.75, 3.05) is 26.2 Å². The van der Waals surface area contributed by atoms with Crippen molar-refractivity contribution in [1.29, 1.82) is 0 Å². The third-order valence-corrected chi connectivity index (χ3v) is 4.99. The Kier molecular flexibility index (Phi) is 7.66. The van der Waals surface area contributed by atoms with Crippen LogP contribution in [-0.4, -0.2) is 43.1 Å². The van der Waals surface area contributed by atoms with E-state index in [2.05, 4.69) is 33.1 Å². The number of carbonyl (C=O) groups excluding carboxylic acids is 1. The first-order chi connectivity index (χ1) is 11.1. The van der Waals surface area contributed by atoms with E-state index in [1.807, 2.05) is 0 Å². The zero-order chi connectivity index (χ0) is 16.7. The predicted octanol–water partition coefficient (Wildman–Crippen LogP) is 3.86. The average Bonchev–Trinajstić information content (AvgIpc) is 2.52. The monoisotopic (exact) mass is 402 g/mol. The van der Waals surface area contributed by atoms with E-state index in [0.717, 1.165) is 17.4 Å². The normalized spacial score (nSPS) is 18.7. The molecule has 0 unspecified atom stereocenters. The van der Waals surface area contributed by atoms with Crippen molar-refractivity contribution in [1.82, 2.24) is 10.2 Å². The maximum absolute atomic E-state index is 11.8. The van der Waals surface area contributed by atoms with Gasteiger partial charge in [0, 0.05) is 24.2 Å². The van der Waals surface area contributed by atoms with E-state index in [1.165, 1.54) is 25.8 Å². The molecule has 4 nitrogen and oxygen atoms in total. The van der Waals surface area contributed by atoms with Gasteiger partial charge < -0.3 is 15.0 Å². The molecule has 1 saturated heterocycles. The van der Waals surface area contributed by atoms with E-state index in [-0.39, 0.29) is 12.5 Å². The molecule has 0 radical (unpaired) electrons. The summed E-state index contributed by atoms with van der Waals surface area (Å²) in [6.45, 7) is 5.22. The number of piperidine rings is 1. The second-order valence-electron chi connectivity index (χ2n) is 5.95. The number of halogens is 2. The molecule has 1 aromatic rings. The summed E-state index contributed by atoms with van der Waals surface area (Å²) in [4.78, 5) is 14.3. The van der Waals surface area contributed by atoms with Crippen molar-refractivity contribution < 1.29 is 9.53 Å². The highest BCUT2D eigenvalue weighted by Crippen LogP contribution is 2.27. The third kappa shape index (κ3) is 6.32. The number of benzene rings is 1. The minimum Gasteiger partial charge on any atom is -0.483 e. The second-order valence-corrected chi connectivity index (χ2v) is 7.24. The Bertz CT molecular complexity index is 527. The fraction of sp³-hybridized carbons (Fsp3) is 0.588. The molecule has 1 fully saturated rings. The molecule has 1 aromatic carbocycles. The highest BCUT2D eigenvalue weighted by atomic mass is 79.9. The van der Waals surface area contributed by atoms with E-state index < -0.39 is 0 Å². The Balaban J connectivity index is 1.61. The van der Waals surface area contributed by atoms with Gasteiger partial charge in [0.2, 0.25) is 0 Å². The predicted molar refractivity (Wildman–Crippen MR) is 97.2 cm³/mol. The summed E-state index contributed by atoms with van der Waals surface area (Å²) in [7, 11) is 0. The van der Waals surface area contributed by atoms with Crippen LogP contribution in [0.3, 0.4) is 0 Å². The molecule has 0 saturated carbocycles. The van der Waals surface area contributed by atoms with Crippen LogP contribution < -0.4 is 10.1 Å². The molecular weight excluding hydrogens is 380 g/mol. The topological polar surface area (TPSA) is 41.6 Å². The molecule has 0 spiro atoms. The molecule has 0 aromatic heterocycles. The largest absolute Gasteiger partial charge is 0.483 e. The number of amides is 1. The molecule has 1 amide bonds. The quantitative estimate of drug-likeness (QED) is 0.703. The third-order valence-electron chi connectivity index (χ3n) is 4.14. The van der Waals surface area contributed by atoms with Gasteiger partial charge in [-0.3, -0.25) is 4.79 Å². The molecule has 0 aliphatic carbocycles. The fourth-order valence-electron chi connectivity index (χ4n) is 2.79. The molecule has 1 aliphatic rings. The molecule has 1 atom stereocenters. The van der Waals surface area contributed by atoms with Crippen molar-refractivity contribution in [2.24, 2.45) is 0 Å². The van der Waals surface area contributed by atoms with Gasteiger partial charge in [-0.2, -0.15) is 0 Å². The minimum atomic E-state index is -0.0986. The highest BCUT2D eigenvalue weighted by Gasteiger charge is 2.17. The van der Waals surface area contributed by atoms with Crippen LogP contribution >= 0.6 is 27.5 Å². The first kappa shape index (κ1) is 18.6. The second kappa shape index (κ2) is 9.50. The van der Waals surface area contributed by atoms with Gasteiger partial charge in [-0.25, -0.2) is 0 Å². The van der Waals surface area contributed by atoms with Gasteiger partial charge in [-0.1, -0.05) is 18.0 Å². The van der Waals surface area contributed by atoms with Crippen LogP contribution in [0.4, 0.5) is 0 Å². The number of hydrogen-bond donors (Lipinski definition) is 1. The molecular formula is C17H24BrClN2O2. The van der Waals surface area contributed by atoms with Crippen LogP contribution in [0.15, 0.2) is 22.7 Å². The molecule has 2 rings (SSSR count).